The number of sulfonamides is 1. The minimum Gasteiger partial charge on any atom is -0.472 e. The first kappa shape index (κ1) is 35.5. The van der Waals surface area contributed by atoms with Gasteiger partial charge in [-0.05, 0) is 41.7 Å². The van der Waals surface area contributed by atoms with Gasteiger partial charge < -0.3 is 19.3 Å². The summed E-state index contributed by atoms with van der Waals surface area (Å²) in [5.74, 6) is -2.50. The molecule has 1 saturated heterocycles. The standard InChI is InChI=1S/C36H45N5O8S/c1-6-24-17-36(24,33(45)39-50(46,47)26-11-12-26)18-29(42)28-15-25(21-41(28)32(44)27(35(2,3)4)16-31(43)48-5)49-30-13-14-37-34(38-30)40-19-22-9-7-8-10-23(22)20-40/h6-10,13-14,24-28H,1,11-12,15-21H2,2-5H3,(H,39,45)/t24?,25-,27-,28+,36?/m1/s1. The lowest BCUT2D eigenvalue weighted by Gasteiger charge is -2.34. The Bertz CT molecular complexity index is 1780. The molecule has 1 aromatic carbocycles. The molecule has 0 radical (unpaired) electrons. The number of esters is 1. The molecule has 50 heavy (non-hydrogen) atoms. The van der Waals surface area contributed by atoms with Gasteiger partial charge in [-0.1, -0.05) is 51.1 Å². The van der Waals surface area contributed by atoms with Crippen LogP contribution < -0.4 is 14.4 Å². The highest BCUT2D eigenvalue weighted by Gasteiger charge is 2.61. The number of hydrogen-bond donors (Lipinski definition) is 1. The smallest absolute Gasteiger partial charge is 0.306 e. The average molecular weight is 708 g/mol. The number of likely N-dealkylation sites (tertiary alicyclic amines) is 1. The van der Waals surface area contributed by atoms with Crippen molar-refractivity contribution in [1.29, 1.82) is 0 Å². The molecule has 14 heteroatoms. The molecule has 6 rings (SSSR count). The van der Waals surface area contributed by atoms with Crippen molar-refractivity contribution >= 4 is 39.5 Å². The summed E-state index contributed by atoms with van der Waals surface area (Å²) in [6.07, 6.45) is 3.43. The summed E-state index contributed by atoms with van der Waals surface area (Å²) >= 11 is 0. The van der Waals surface area contributed by atoms with Crippen molar-refractivity contribution in [2.24, 2.45) is 22.7 Å². The van der Waals surface area contributed by atoms with Gasteiger partial charge in [-0.25, -0.2) is 13.4 Å². The molecule has 2 aromatic rings. The summed E-state index contributed by atoms with van der Waals surface area (Å²) in [5, 5.41) is -0.603. The Morgan fingerprint density at radius 1 is 1.12 bits per heavy atom. The Kier molecular flexibility index (Phi) is 9.53. The molecule has 2 aliphatic heterocycles. The first-order valence-electron chi connectivity index (χ1n) is 17.0. The fourth-order valence-corrected chi connectivity index (χ4v) is 8.53. The summed E-state index contributed by atoms with van der Waals surface area (Å²) in [6, 6.07) is 8.77. The van der Waals surface area contributed by atoms with Gasteiger partial charge in [0, 0.05) is 38.2 Å². The third-order valence-electron chi connectivity index (χ3n) is 10.4. The van der Waals surface area contributed by atoms with E-state index in [0.717, 1.165) is 0 Å². The molecule has 0 spiro atoms. The number of benzene rings is 1. The maximum absolute atomic E-state index is 14.3. The van der Waals surface area contributed by atoms with Crippen LogP contribution in [0.4, 0.5) is 5.95 Å². The number of nitrogens with zero attached hydrogens (tertiary/aromatic N) is 4. The van der Waals surface area contributed by atoms with Crippen molar-refractivity contribution in [2.75, 3.05) is 18.6 Å². The number of methoxy groups -OCH3 is 1. The fraction of sp³-hybridized carbons (Fsp3) is 0.556. The Labute approximate surface area is 292 Å². The monoisotopic (exact) mass is 707 g/mol. The Morgan fingerprint density at radius 3 is 2.38 bits per heavy atom. The van der Waals surface area contributed by atoms with E-state index in [9.17, 15) is 27.6 Å². The lowest BCUT2D eigenvalue weighted by Crippen LogP contribution is -2.48. The predicted octanol–water partition coefficient (Wildman–Crippen LogP) is 3.33. The SMILES string of the molecule is C=CC1CC1(CC(=O)[C@@H]1C[C@@H](Oc2ccnc(N3Cc4ccccc4C3)n2)CN1C(=O)[C@@H](CC(=O)OC)C(C)(C)C)C(=O)NS(=O)(=O)C1CC1. The maximum atomic E-state index is 14.3. The predicted molar refractivity (Wildman–Crippen MR) is 183 cm³/mol. The number of nitrogens with one attached hydrogen (secondary N) is 1. The number of Topliss-reactive ketones (excluding diaryl/α,β-unsaturated/α-hetero) is 1. The number of anilines is 1. The zero-order chi connectivity index (χ0) is 36.0. The summed E-state index contributed by atoms with van der Waals surface area (Å²) in [5.41, 5.74) is 0.453. The van der Waals surface area contributed by atoms with Crippen molar-refractivity contribution in [2.45, 2.75) is 89.8 Å². The fourth-order valence-electron chi connectivity index (χ4n) is 7.15. The van der Waals surface area contributed by atoms with Crippen LogP contribution in [0.25, 0.3) is 0 Å². The van der Waals surface area contributed by atoms with Crippen molar-refractivity contribution in [3.8, 4) is 5.88 Å². The molecule has 2 unspecified atom stereocenters. The third-order valence-corrected chi connectivity index (χ3v) is 12.3. The number of fused-ring (bicyclic) bond motifs is 1. The molecule has 1 aromatic heterocycles. The zero-order valence-electron chi connectivity index (χ0n) is 29.0. The van der Waals surface area contributed by atoms with Gasteiger partial charge in [-0.15, -0.1) is 6.58 Å². The minimum atomic E-state index is -3.84. The topological polar surface area (TPSA) is 165 Å². The molecule has 268 valence electrons. The van der Waals surface area contributed by atoms with Gasteiger partial charge in [0.25, 0.3) is 0 Å². The zero-order valence-corrected chi connectivity index (χ0v) is 29.8. The van der Waals surface area contributed by atoms with Crippen LogP contribution in [0.1, 0.15) is 70.4 Å². The van der Waals surface area contributed by atoms with Gasteiger partial charge in [0.2, 0.25) is 33.7 Å². The highest BCUT2D eigenvalue weighted by atomic mass is 32.2. The van der Waals surface area contributed by atoms with Crippen LogP contribution in [0.2, 0.25) is 0 Å². The number of ether oxygens (including phenoxy) is 2. The largest absolute Gasteiger partial charge is 0.472 e. The molecule has 0 bridgehead atoms. The van der Waals surface area contributed by atoms with E-state index in [1.54, 1.807) is 18.3 Å². The average Bonchev–Trinajstić information content (AvgIpc) is 3.97. The lowest BCUT2D eigenvalue weighted by atomic mass is 9.77. The lowest BCUT2D eigenvalue weighted by molar-refractivity contribution is -0.151. The van der Waals surface area contributed by atoms with E-state index in [2.05, 4.69) is 33.4 Å². The number of amides is 2. The number of carbonyl (C=O) groups excluding carboxylic acids is 4. The second-order valence-corrected chi connectivity index (χ2v) is 17.0. The molecule has 2 amide bonds. The van der Waals surface area contributed by atoms with Gasteiger partial charge in [-0.3, -0.25) is 23.9 Å². The third kappa shape index (κ3) is 7.26. The van der Waals surface area contributed by atoms with Crippen molar-refractivity contribution in [3.63, 3.8) is 0 Å². The van der Waals surface area contributed by atoms with E-state index < -0.39 is 73.7 Å². The quantitative estimate of drug-likeness (QED) is 0.240. The van der Waals surface area contributed by atoms with E-state index in [1.165, 1.54) is 23.1 Å². The molecule has 1 N–H and O–H groups in total. The number of ketones is 1. The molecule has 4 aliphatic rings. The van der Waals surface area contributed by atoms with E-state index >= 15 is 0 Å². The summed E-state index contributed by atoms with van der Waals surface area (Å²) < 4.78 is 38.8. The van der Waals surface area contributed by atoms with Crippen LogP contribution in [0.5, 0.6) is 5.88 Å². The molecule has 2 aliphatic carbocycles. The van der Waals surface area contributed by atoms with E-state index in [1.807, 2.05) is 37.8 Å². The summed E-state index contributed by atoms with van der Waals surface area (Å²) in [7, 11) is -2.58. The molecule has 3 fully saturated rings. The van der Waals surface area contributed by atoms with Crippen LogP contribution >= 0.6 is 0 Å². The van der Waals surface area contributed by atoms with Gasteiger partial charge in [0.1, 0.15) is 6.10 Å². The van der Waals surface area contributed by atoms with E-state index in [-0.39, 0.29) is 38.1 Å². The molecular formula is C36H45N5O8S. The van der Waals surface area contributed by atoms with Crippen molar-refractivity contribution in [1.82, 2.24) is 19.6 Å². The van der Waals surface area contributed by atoms with Crippen LogP contribution in [0.3, 0.4) is 0 Å². The number of aromatic nitrogens is 2. The van der Waals surface area contributed by atoms with Crippen molar-refractivity contribution in [3.05, 3.63) is 60.3 Å². The molecule has 5 atom stereocenters. The second kappa shape index (κ2) is 13.4. The Hall–Kier alpha value is -4.33. The van der Waals surface area contributed by atoms with Crippen LogP contribution in [-0.2, 0) is 47.0 Å². The minimum absolute atomic E-state index is 0.0393. The second-order valence-electron chi connectivity index (χ2n) is 15.0. The molecule has 13 nitrogen and oxygen atoms in total. The van der Waals surface area contributed by atoms with Gasteiger partial charge in [0.05, 0.1) is 42.7 Å². The van der Waals surface area contributed by atoms with Gasteiger partial charge in [-0.2, -0.15) is 4.98 Å². The highest BCUT2D eigenvalue weighted by molar-refractivity contribution is 7.90. The molecular weight excluding hydrogens is 662 g/mol. The van der Waals surface area contributed by atoms with Crippen LogP contribution in [-0.4, -0.2) is 77.9 Å². The molecule has 3 heterocycles. The first-order chi connectivity index (χ1) is 23.6. The van der Waals surface area contributed by atoms with Gasteiger partial charge >= 0.3 is 5.97 Å². The van der Waals surface area contributed by atoms with E-state index in [0.29, 0.717) is 31.9 Å². The Balaban J connectivity index is 1.24. The molecule has 2 saturated carbocycles. The van der Waals surface area contributed by atoms with Crippen LogP contribution in [0, 0.1) is 22.7 Å². The normalized spacial score (nSPS) is 25.0. The number of allylic oxidation sites excluding steroid dienone is 1. The Morgan fingerprint density at radius 2 is 1.80 bits per heavy atom. The maximum Gasteiger partial charge on any atom is 0.306 e. The van der Waals surface area contributed by atoms with E-state index in [4.69, 9.17) is 9.47 Å². The first-order valence-corrected chi connectivity index (χ1v) is 18.6. The van der Waals surface area contributed by atoms with Gasteiger partial charge in [0.15, 0.2) is 5.78 Å². The highest BCUT2D eigenvalue weighted by Crippen LogP contribution is 2.57. The summed E-state index contributed by atoms with van der Waals surface area (Å²) in [6.45, 7) is 10.7. The van der Waals surface area contributed by atoms with Crippen LogP contribution in [0.15, 0.2) is 49.2 Å². The number of rotatable bonds is 13. The number of carbonyl (C=O) groups is 4. The number of hydrogen-bond acceptors (Lipinski definition) is 11. The summed E-state index contributed by atoms with van der Waals surface area (Å²) in [4.78, 5) is 67.0. The van der Waals surface area contributed by atoms with Crippen molar-refractivity contribution < 1.29 is 37.1 Å².